The van der Waals surface area contributed by atoms with Crippen molar-refractivity contribution in [2.45, 2.75) is 13.5 Å². The molecule has 0 amide bonds. The molecule has 0 atom stereocenters. The molecule has 2 aromatic rings. The molecule has 0 aliphatic carbocycles. The molecule has 0 radical (unpaired) electrons. The van der Waals surface area contributed by atoms with Gasteiger partial charge in [0, 0.05) is 6.54 Å². The molecule has 1 aromatic carbocycles. The normalized spacial score (nSPS) is 10.1. The van der Waals surface area contributed by atoms with Gasteiger partial charge in [0.1, 0.15) is 17.8 Å². The third-order valence-electron chi connectivity index (χ3n) is 2.75. The number of aromatic nitrogens is 2. The largest absolute Gasteiger partial charge is 0.497 e. The highest BCUT2D eigenvalue weighted by atomic mass is 16.5. The lowest BCUT2D eigenvalue weighted by Crippen LogP contribution is -2.07. The van der Waals surface area contributed by atoms with E-state index in [1.54, 1.807) is 7.11 Å². The fourth-order valence-corrected chi connectivity index (χ4v) is 1.70. The summed E-state index contributed by atoms with van der Waals surface area (Å²) < 4.78 is 10.4. The average molecular weight is 274 g/mol. The standard InChI is InChI=1S/C14H18N4O2/c1-3-20-14-12(15)13(17-9-18-14)16-8-10-4-6-11(19-2)7-5-10/h4-7,9H,3,8,15H2,1-2H3,(H,16,17,18). The smallest absolute Gasteiger partial charge is 0.242 e. The number of nitrogens with two attached hydrogens (primary N) is 1. The molecule has 1 heterocycles. The molecule has 3 N–H and O–H groups in total. The molecule has 20 heavy (non-hydrogen) atoms. The summed E-state index contributed by atoms with van der Waals surface area (Å²) in [6, 6.07) is 7.78. The van der Waals surface area contributed by atoms with Crippen molar-refractivity contribution >= 4 is 11.5 Å². The van der Waals surface area contributed by atoms with Crippen molar-refractivity contribution in [3.63, 3.8) is 0 Å². The summed E-state index contributed by atoms with van der Waals surface area (Å²) in [5, 5.41) is 3.17. The van der Waals surface area contributed by atoms with Crippen molar-refractivity contribution in [1.82, 2.24) is 9.97 Å². The summed E-state index contributed by atoms with van der Waals surface area (Å²) in [4.78, 5) is 8.11. The van der Waals surface area contributed by atoms with Crippen molar-refractivity contribution in [3.05, 3.63) is 36.2 Å². The second-order valence-electron chi connectivity index (χ2n) is 4.08. The van der Waals surface area contributed by atoms with Crippen LogP contribution in [-0.2, 0) is 6.54 Å². The van der Waals surface area contributed by atoms with E-state index in [0.29, 0.717) is 30.5 Å². The maximum Gasteiger partial charge on any atom is 0.242 e. The quantitative estimate of drug-likeness (QED) is 0.839. The van der Waals surface area contributed by atoms with Crippen LogP contribution in [0.3, 0.4) is 0 Å². The van der Waals surface area contributed by atoms with E-state index in [2.05, 4.69) is 15.3 Å². The van der Waals surface area contributed by atoms with Crippen LogP contribution in [0.5, 0.6) is 11.6 Å². The topological polar surface area (TPSA) is 82.3 Å². The molecule has 0 saturated carbocycles. The van der Waals surface area contributed by atoms with Crippen molar-refractivity contribution in [1.29, 1.82) is 0 Å². The molecule has 0 aliphatic rings. The first-order chi connectivity index (χ1) is 9.74. The zero-order valence-corrected chi connectivity index (χ0v) is 11.6. The number of methoxy groups -OCH3 is 1. The number of anilines is 2. The molecule has 0 aliphatic heterocycles. The fourth-order valence-electron chi connectivity index (χ4n) is 1.70. The van der Waals surface area contributed by atoms with E-state index in [4.69, 9.17) is 15.2 Å². The average Bonchev–Trinajstić information content (AvgIpc) is 2.49. The van der Waals surface area contributed by atoms with Crippen LogP contribution < -0.4 is 20.5 Å². The summed E-state index contributed by atoms with van der Waals surface area (Å²) >= 11 is 0. The molecular formula is C14H18N4O2. The van der Waals surface area contributed by atoms with Crippen LogP contribution in [0.2, 0.25) is 0 Å². The van der Waals surface area contributed by atoms with Gasteiger partial charge < -0.3 is 20.5 Å². The minimum absolute atomic E-state index is 0.403. The number of hydrogen-bond donors (Lipinski definition) is 2. The number of nitrogen functional groups attached to an aromatic ring is 1. The molecule has 2 rings (SSSR count). The third kappa shape index (κ3) is 3.28. The Morgan fingerprint density at radius 2 is 1.95 bits per heavy atom. The predicted molar refractivity (Wildman–Crippen MR) is 77.9 cm³/mol. The highest BCUT2D eigenvalue weighted by Crippen LogP contribution is 2.25. The van der Waals surface area contributed by atoms with Gasteiger partial charge in [0.25, 0.3) is 0 Å². The van der Waals surface area contributed by atoms with E-state index in [0.717, 1.165) is 11.3 Å². The first-order valence-corrected chi connectivity index (χ1v) is 6.34. The van der Waals surface area contributed by atoms with E-state index < -0.39 is 0 Å². The summed E-state index contributed by atoms with van der Waals surface area (Å²) in [5.74, 6) is 1.80. The Morgan fingerprint density at radius 3 is 2.60 bits per heavy atom. The minimum Gasteiger partial charge on any atom is -0.497 e. The summed E-state index contributed by atoms with van der Waals surface area (Å²) in [7, 11) is 1.64. The van der Waals surface area contributed by atoms with E-state index >= 15 is 0 Å². The molecule has 106 valence electrons. The predicted octanol–water partition coefficient (Wildman–Crippen LogP) is 2.08. The van der Waals surface area contributed by atoms with Crippen LogP contribution in [0.25, 0.3) is 0 Å². The first kappa shape index (κ1) is 13.9. The Bertz CT molecular complexity index is 558. The van der Waals surface area contributed by atoms with Crippen LogP contribution in [0.4, 0.5) is 11.5 Å². The lowest BCUT2D eigenvalue weighted by atomic mass is 10.2. The van der Waals surface area contributed by atoms with Gasteiger partial charge in [-0.25, -0.2) is 4.98 Å². The Labute approximate surface area is 118 Å². The van der Waals surface area contributed by atoms with Crippen molar-refractivity contribution in [2.24, 2.45) is 0 Å². The van der Waals surface area contributed by atoms with Gasteiger partial charge in [-0.05, 0) is 24.6 Å². The zero-order valence-electron chi connectivity index (χ0n) is 11.6. The Kier molecular flexibility index (Phi) is 4.60. The van der Waals surface area contributed by atoms with Gasteiger partial charge >= 0.3 is 0 Å². The van der Waals surface area contributed by atoms with Crippen LogP contribution >= 0.6 is 0 Å². The van der Waals surface area contributed by atoms with Gasteiger partial charge in [0.05, 0.1) is 13.7 Å². The van der Waals surface area contributed by atoms with Crippen molar-refractivity contribution < 1.29 is 9.47 Å². The number of nitrogens with zero attached hydrogens (tertiary/aromatic N) is 2. The van der Waals surface area contributed by atoms with Crippen molar-refractivity contribution in [3.8, 4) is 11.6 Å². The Hall–Kier alpha value is -2.50. The van der Waals surface area contributed by atoms with Crippen LogP contribution in [-0.4, -0.2) is 23.7 Å². The summed E-state index contributed by atoms with van der Waals surface area (Å²) in [6.07, 6.45) is 1.43. The molecule has 6 heteroatoms. The van der Waals surface area contributed by atoms with Crippen LogP contribution in [0.1, 0.15) is 12.5 Å². The maximum absolute atomic E-state index is 5.95. The number of ether oxygens (including phenoxy) is 2. The van der Waals surface area contributed by atoms with Crippen molar-refractivity contribution in [2.75, 3.05) is 24.8 Å². The van der Waals surface area contributed by atoms with Crippen LogP contribution in [0.15, 0.2) is 30.6 Å². The molecule has 0 fully saturated rings. The number of nitrogens with one attached hydrogen (secondary N) is 1. The highest BCUT2D eigenvalue weighted by molar-refractivity contribution is 5.66. The van der Waals surface area contributed by atoms with E-state index in [1.807, 2.05) is 31.2 Å². The van der Waals surface area contributed by atoms with Crippen LogP contribution in [0, 0.1) is 0 Å². The highest BCUT2D eigenvalue weighted by Gasteiger charge is 2.08. The zero-order chi connectivity index (χ0) is 14.4. The lowest BCUT2D eigenvalue weighted by molar-refractivity contribution is 0.328. The molecule has 0 unspecified atom stereocenters. The lowest BCUT2D eigenvalue weighted by Gasteiger charge is -2.11. The maximum atomic E-state index is 5.95. The Morgan fingerprint density at radius 1 is 1.20 bits per heavy atom. The summed E-state index contributed by atoms with van der Waals surface area (Å²) in [5.41, 5.74) is 7.46. The van der Waals surface area contributed by atoms with Gasteiger partial charge in [0.2, 0.25) is 5.88 Å². The minimum atomic E-state index is 0.403. The van der Waals surface area contributed by atoms with Gasteiger partial charge in [-0.3, -0.25) is 0 Å². The fraction of sp³-hybridized carbons (Fsp3) is 0.286. The molecule has 0 bridgehead atoms. The first-order valence-electron chi connectivity index (χ1n) is 6.34. The molecular weight excluding hydrogens is 256 g/mol. The monoisotopic (exact) mass is 274 g/mol. The van der Waals surface area contributed by atoms with Gasteiger partial charge in [0.15, 0.2) is 5.82 Å². The van der Waals surface area contributed by atoms with E-state index in [9.17, 15) is 0 Å². The SMILES string of the molecule is CCOc1ncnc(NCc2ccc(OC)cc2)c1N. The van der Waals surface area contributed by atoms with Gasteiger partial charge in [-0.1, -0.05) is 12.1 Å². The molecule has 1 aromatic heterocycles. The molecule has 0 saturated heterocycles. The third-order valence-corrected chi connectivity index (χ3v) is 2.75. The van der Waals surface area contributed by atoms with E-state index in [1.165, 1.54) is 6.33 Å². The number of rotatable bonds is 6. The van der Waals surface area contributed by atoms with E-state index in [-0.39, 0.29) is 0 Å². The van der Waals surface area contributed by atoms with Gasteiger partial charge in [-0.2, -0.15) is 4.98 Å². The number of benzene rings is 1. The second-order valence-corrected chi connectivity index (χ2v) is 4.08. The van der Waals surface area contributed by atoms with Gasteiger partial charge in [-0.15, -0.1) is 0 Å². The number of hydrogen-bond acceptors (Lipinski definition) is 6. The summed E-state index contributed by atoms with van der Waals surface area (Å²) in [6.45, 7) is 3.00. The molecule has 0 spiro atoms. The Balaban J connectivity index is 2.04. The molecule has 6 nitrogen and oxygen atoms in total. The second kappa shape index (κ2) is 6.60.